The maximum absolute atomic E-state index is 12.9. The smallest absolute Gasteiger partial charge is 0.346 e. The summed E-state index contributed by atoms with van der Waals surface area (Å²) in [7, 11) is 1.60. The Balaban J connectivity index is 1.26. The maximum atomic E-state index is 12.9. The Morgan fingerprint density at radius 1 is 1.21 bits per heavy atom. The van der Waals surface area contributed by atoms with Gasteiger partial charge in [0.2, 0.25) is 0 Å². The fourth-order valence-electron chi connectivity index (χ4n) is 3.66. The van der Waals surface area contributed by atoms with Gasteiger partial charge in [-0.25, -0.2) is 9.48 Å². The summed E-state index contributed by atoms with van der Waals surface area (Å²) in [5, 5.41) is 14.3. The van der Waals surface area contributed by atoms with Gasteiger partial charge in [-0.2, -0.15) is 5.10 Å². The molecule has 0 bridgehead atoms. The Morgan fingerprint density at radius 2 is 2.06 bits per heavy atom. The molecule has 5 rings (SSSR count). The van der Waals surface area contributed by atoms with Crippen LogP contribution in [0.25, 0.3) is 22.6 Å². The zero-order valence-electron chi connectivity index (χ0n) is 18.1. The molecule has 10 nitrogen and oxygen atoms in total. The molecule has 10 heteroatoms. The fourth-order valence-corrected chi connectivity index (χ4v) is 3.66. The van der Waals surface area contributed by atoms with E-state index in [2.05, 4.69) is 25.6 Å². The highest BCUT2D eigenvalue weighted by molar-refractivity contribution is 5.93. The van der Waals surface area contributed by atoms with Crippen LogP contribution in [0.2, 0.25) is 0 Å². The summed E-state index contributed by atoms with van der Waals surface area (Å²) in [6.45, 7) is 0.509. The predicted molar refractivity (Wildman–Crippen MR) is 121 cm³/mol. The molecule has 0 saturated heterocycles. The van der Waals surface area contributed by atoms with Gasteiger partial charge in [0.25, 0.3) is 5.91 Å². The molecule has 0 spiro atoms. The van der Waals surface area contributed by atoms with Crippen molar-refractivity contribution < 1.29 is 9.53 Å². The summed E-state index contributed by atoms with van der Waals surface area (Å²) in [4.78, 5) is 29.6. The second-order valence-electron chi connectivity index (χ2n) is 7.83. The number of benzene rings is 1. The molecule has 33 heavy (non-hydrogen) atoms. The monoisotopic (exact) mass is 445 g/mol. The number of H-pyrrole nitrogens is 1. The number of aromatic nitrogens is 6. The lowest BCUT2D eigenvalue weighted by molar-refractivity contribution is 0.0946. The number of ether oxygens (including phenoxy) is 1. The molecule has 168 valence electrons. The molecule has 3 aromatic heterocycles. The van der Waals surface area contributed by atoms with Gasteiger partial charge in [0.15, 0.2) is 5.82 Å². The molecule has 1 fully saturated rings. The van der Waals surface area contributed by atoms with Crippen LogP contribution in [0.15, 0.2) is 59.7 Å². The topological polar surface area (TPSA) is 120 Å². The zero-order valence-corrected chi connectivity index (χ0v) is 18.1. The highest BCUT2D eigenvalue weighted by atomic mass is 16.5. The van der Waals surface area contributed by atoms with E-state index in [1.165, 1.54) is 4.68 Å². The first kappa shape index (κ1) is 20.7. The molecule has 0 unspecified atom stereocenters. The molecule has 1 saturated carbocycles. The minimum Gasteiger partial charge on any atom is -0.497 e. The number of nitrogens with zero attached hydrogens (tertiary/aromatic N) is 5. The molecule has 4 aromatic rings. The summed E-state index contributed by atoms with van der Waals surface area (Å²) in [5.74, 6) is 1.01. The van der Waals surface area contributed by atoms with E-state index in [9.17, 15) is 9.59 Å². The Hall–Kier alpha value is -4.21. The molecular formula is C23H23N7O3. The lowest BCUT2D eigenvalue weighted by Gasteiger charge is -2.03. The van der Waals surface area contributed by atoms with E-state index >= 15 is 0 Å². The Morgan fingerprint density at radius 3 is 2.82 bits per heavy atom. The van der Waals surface area contributed by atoms with Crippen molar-refractivity contribution in [1.29, 1.82) is 0 Å². The maximum Gasteiger partial charge on any atom is 0.346 e. The third-order valence-corrected chi connectivity index (χ3v) is 5.50. The number of hydrogen-bond donors (Lipinski definition) is 2. The number of amides is 1. The lowest BCUT2D eigenvalue weighted by Crippen LogP contribution is -2.32. The standard InChI is InChI=1S/C23H23N7O3/c1-33-18-6-2-4-15(12-18)19-13-20(27-26-19)22(31)25-10-11-29-23(32)30(17-7-8-17)21(28-29)16-5-3-9-24-14-16/h2-6,9,12-14,17H,7-8,10-11H2,1H3,(H,25,31)(H,26,27). The number of rotatable bonds is 8. The van der Waals surface area contributed by atoms with Gasteiger partial charge in [0.1, 0.15) is 11.4 Å². The van der Waals surface area contributed by atoms with Crippen LogP contribution in [-0.4, -0.2) is 49.1 Å². The quantitative estimate of drug-likeness (QED) is 0.429. The zero-order chi connectivity index (χ0) is 22.8. The van der Waals surface area contributed by atoms with Crippen molar-refractivity contribution in [3.63, 3.8) is 0 Å². The van der Waals surface area contributed by atoms with E-state index in [0.29, 0.717) is 23.0 Å². The van der Waals surface area contributed by atoms with Gasteiger partial charge in [0.05, 0.1) is 19.3 Å². The second-order valence-corrected chi connectivity index (χ2v) is 7.83. The number of carbonyl (C=O) groups excluding carboxylic acids is 1. The van der Waals surface area contributed by atoms with Crippen molar-refractivity contribution in [3.05, 3.63) is 71.0 Å². The molecule has 1 aromatic carbocycles. The van der Waals surface area contributed by atoms with Gasteiger partial charge in [-0.3, -0.25) is 19.4 Å². The Bertz CT molecular complexity index is 1340. The third kappa shape index (κ3) is 4.27. The van der Waals surface area contributed by atoms with Crippen molar-refractivity contribution in [1.82, 2.24) is 34.8 Å². The Kier molecular flexibility index (Phi) is 5.47. The van der Waals surface area contributed by atoms with Crippen molar-refractivity contribution in [2.45, 2.75) is 25.4 Å². The van der Waals surface area contributed by atoms with E-state index in [1.807, 2.05) is 36.4 Å². The molecule has 0 aliphatic heterocycles. The summed E-state index contributed by atoms with van der Waals surface area (Å²) >= 11 is 0. The largest absolute Gasteiger partial charge is 0.497 e. The molecule has 2 N–H and O–H groups in total. The first-order valence-electron chi connectivity index (χ1n) is 10.7. The molecule has 3 heterocycles. The van der Waals surface area contributed by atoms with E-state index in [-0.39, 0.29) is 30.7 Å². The normalized spacial score (nSPS) is 13.1. The Labute approximate surface area is 189 Å². The minimum absolute atomic E-state index is 0.174. The van der Waals surface area contributed by atoms with Crippen LogP contribution in [0.3, 0.4) is 0 Å². The summed E-state index contributed by atoms with van der Waals surface area (Å²) in [5.41, 5.74) is 2.43. The number of methoxy groups -OCH3 is 1. The predicted octanol–water partition coefficient (Wildman–Crippen LogP) is 2.27. The number of hydrogen-bond acceptors (Lipinski definition) is 6. The SMILES string of the molecule is COc1cccc(-c2cc(C(=O)NCCn3nc(-c4cccnc4)n(C4CC4)c3=O)[nH]n2)c1. The number of pyridine rings is 1. The second kappa shape index (κ2) is 8.73. The van der Waals surface area contributed by atoms with Gasteiger partial charge >= 0.3 is 5.69 Å². The van der Waals surface area contributed by atoms with Gasteiger partial charge in [0, 0.05) is 36.1 Å². The average molecular weight is 445 g/mol. The minimum atomic E-state index is -0.307. The van der Waals surface area contributed by atoms with E-state index in [1.54, 1.807) is 30.1 Å². The van der Waals surface area contributed by atoms with Crippen LogP contribution < -0.4 is 15.7 Å². The number of aromatic amines is 1. The van der Waals surface area contributed by atoms with E-state index < -0.39 is 0 Å². The number of carbonyl (C=O) groups is 1. The first-order chi connectivity index (χ1) is 16.1. The van der Waals surface area contributed by atoms with Gasteiger partial charge < -0.3 is 10.1 Å². The molecule has 1 aliphatic carbocycles. The van der Waals surface area contributed by atoms with Crippen LogP contribution in [0.1, 0.15) is 29.4 Å². The molecule has 0 atom stereocenters. The molecule has 0 radical (unpaired) electrons. The molecule has 1 amide bonds. The summed E-state index contributed by atoms with van der Waals surface area (Å²) in [6.07, 6.45) is 5.31. The highest BCUT2D eigenvalue weighted by Crippen LogP contribution is 2.36. The first-order valence-corrected chi connectivity index (χ1v) is 10.7. The van der Waals surface area contributed by atoms with Gasteiger partial charge in [-0.1, -0.05) is 12.1 Å². The van der Waals surface area contributed by atoms with Crippen LogP contribution in [0.4, 0.5) is 0 Å². The molecular weight excluding hydrogens is 422 g/mol. The highest BCUT2D eigenvalue weighted by Gasteiger charge is 2.30. The van der Waals surface area contributed by atoms with E-state index in [4.69, 9.17) is 4.74 Å². The van der Waals surface area contributed by atoms with Crippen molar-refractivity contribution in [2.24, 2.45) is 0 Å². The van der Waals surface area contributed by atoms with Gasteiger partial charge in [-0.05, 0) is 43.2 Å². The van der Waals surface area contributed by atoms with Crippen LogP contribution in [0, 0.1) is 0 Å². The van der Waals surface area contributed by atoms with Crippen molar-refractivity contribution >= 4 is 5.91 Å². The van der Waals surface area contributed by atoms with Crippen LogP contribution in [-0.2, 0) is 6.54 Å². The average Bonchev–Trinajstić information content (AvgIpc) is 3.46. The molecule has 1 aliphatic rings. The van der Waals surface area contributed by atoms with Crippen LogP contribution in [0.5, 0.6) is 5.75 Å². The third-order valence-electron chi connectivity index (χ3n) is 5.50. The summed E-state index contributed by atoms with van der Waals surface area (Å²) in [6, 6.07) is 13.0. The van der Waals surface area contributed by atoms with Crippen LogP contribution >= 0.6 is 0 Å². The lowest BCUT2D eigenvalue weighted by atomic mass is 10.1. The van der Waals surface area contributed by atoms with Gasteiger partial charge in [-0.15, -0.1) is 5.10 Å². The van der Waals surface area contributed by atoms with Crippen molar-refractivity contribution in [3.8, 4) is 28.4 Å². The number of nitrogens with one attached hydrogen (secondary N) is 2. The van der Waals surface area contributed by atoms with E-state index in [0.717, 1.165) is 24.0 Å². The summed E-state index contributed by atoms with van der Waals surface area (Å²) < 4.78 is 8.36. The fraction of sp³-hybridized carbons (Fsp3) is 0.261. The van der Waals surface area contributed by atoms with Crippen molar-refractivity contribution in [2.75, 3.05) is 13.7 Å².